The number of rotatable bonds is 3. The standard InChI is InChI=1S/C10H11N3O2/c1-14-7-4-2-3-5-8(7)15-10-6-9(11)12-13-10/h2-6H,1H3,(H3,11,12,13). The summed E-state index contributed by atoms with van der Waals surface area (Å²) >= 11 is 0. The molecule has 0 atom stereocenters. The number of benzene rings is 1. The largest absolute Gasteiger partial charge is 0.493 e. The van der Waals surface area contributed by atoms with Crippen molar-refractivity contribution in [1.29, 1.82) is 0 Å². The van der Waals surface area contributed by atoms with Gasteiger partial charge in [-0.1, -0.05) is 12.1 Å². The lowest BCUT2D eigenvalue weighted by molar-refractivity contribution is 0.374. The molecule has 0 saturated heterocycles. The van der Waals surface area contributed by atoms with E-state index in [9.17, 15) is 0 Å². The Bertz CT molecular complexity index is 453. The van der Waals surface area contributed by atoms with Crippen LogP contribution in [0.4, 0.5) is 5.82 Å². The van der Waals surface area contributed by atoms with Gasteiger partial charge in [0.05, 0.1) is 7.11 Å². The zero-order valence-electron chi connectivity index (χ0n) is 8.23. The zero-order chi connectivity index (χ0) is 10.7. The Kier molecular flexibility index (Phi) is 2.45. The van der Waals surface area contributed by atoms with E-state index in [1.54, 1.807) is 19.2 Å². The number of methoxy groups -OCH3 is 1. The lowest BCUT2D eigenvalue weighted by atomic mass is 10.3. The highest BCUT2D eigenvalue weighted by atomic mass is 16.5. The van der Waals surface area contributed by atoms with Gasteiger partial charge in [-0.15, -0.1) is 5.10 Å². The van der Waals surface area contributed by atoms with Gasteiger partial charge in [-0.05, 0) is 12.1 Å². The molecule has 0 aliphatic rings. The van der Waals surface area contributed by atoms with Gasteiger partial charge in [0.15, 0.2) is 11.5 Å². The number of anilines is 1. The lowest BCUT2D eigenvalue weighted by Gasteiger charge is -2.06. The maximum Gasteiger partial charge on any atom is 0.240 e. The molecular weight excluding hydrogens is 194 g/mol. The maximum absolute atomic E-state index is 5.47. The smallest absolute Gasteiger partial charge is 0.240 e. The van der Waals surface area contributed by atoms with Crippen molar-refractivity contribution in [1.82, 2.24) is 10.2 Å². The Morgan fingerprint density at radius 1 is 1.27 bits per heavy atom. The number of hydrogen-bond acceptors (Lipinski definition) is 4. The normalized spacial score (nSPS) is 9.93. The van der Waals surface area contributed by atoms with E-state index in [0.717, 1.165) is 0 Å². The molecule has 0 amide bonds. The highest BCUT2D eigenvalue weighted by Gasteiger charge is 2.05. The molecule has 15 heavy (non-hydrogen) atoms. The minimum atomic E-state index is 0.414. The van der Waals surface area contributed by atoms with E-state index in [4.69, 9.17) is 15.2 Å². The molecule has 1 aromatic carbocycles. The fraction of sp³-hybridized carbons (Fsp3) is 0.100. The van der Waals surface area contributed by atoms with Gasteiger partial charge in [0.1, 0.15) is 5.82 Å². The fourth-order valence-corrected chi connectivity index (χ4v) is 1.19. The molecule has 0 saturated carbocycles. The van der Waals surface area contributed by atoms with Crippen molar-refractivity contribution in [3.05, 3.63) is 30.3 Å². The van der Waals surface area contributed by atoms with Crippen LogP contribution in [0, 0.1) is 0 Å². The van der Waals surface area contributed by atoms with Gasteiger partial charge in [-0.3, -0.25) is 5.10 Å². The van der Waals surface area contributed by atoms with Crippen LogP contribution in [0.1, 0.15) is 0 Å². The summed E-state index contributed by atoms with van der Waals surface area (Å²) < 4.78 is 10.6. The second-order valence-corrected chi connectivity index (χ2v) is 2.91. The summed E-state index contributed by atoms with van der Waals surface area (Å²) in [4.78, 5) is 0. The molecule has 0 aliphatic carbocycles. The van der Waals surface area contributed by atoms with E-state index >= 15 is 0 Å². The number of aromatic amines is 1. The predicted octanol–water partition coefficient (Wildman–Crippen LogP) is 1.79. The van der Waals surface area contributed by atoms with Gasteiger partial charge in [-0.2, -0.15) is 0 Å². The molecule has 0 unspecified atom stereocenters. The van der Waals surface area contributed by atoms with E-state index < -0.39 is 0 Å². The molecule has 0 aliphatic heterocycles. The monoisotopic (exact) mass is 205 g/mol. The highest BCUT2D eigenvalue weighted by Crippen LogP contribution is 2.30. The summed E-state index contributed by atoms with van der Waals surface area (Å²) in [5.74, 6) is 2.13. The third kappa shape index (κ3) is 2.01. The molecule has 1 aromatic heterocycles. The molecule has 3 N–H and O–H groups in total. The first kappa shape index (κ1) is 9.39. The summed E-state index contributed by atoms with van der Waals surface area (Å²) in [5, 5.41) is 6.45. The molecule has 5 nitrogen and oxygen atoms in total. The second-order valence-electron chi connectivity index (χ2n) is 2.91. The number of aromatic nitrogens is 2. The molecule has 0 bridgehead atoms. The molecular formula is C10H11N3O2. The summed E-state index contributed by atoms with van der Waals surface area (Å²) in [6.07, 6.45) is 0. The summed E-state index contributed by atoms with van der Waals surface area (Å²) in [6, 6.07) is 8.93. The van der Waals surface area contributed by atoms with Crippen LogP contribution in [-0.4, -0.2) is 17.3 Å². The zero-order valence-corrected chi connectivity index (χ0v) is 8.23. The quantitative estimate of drug-likeness (QED) is 0.801. The van der Waals surface area contributed by atoms with Crippen LogP contribution in [0.5, 0.6) is 17.4 Å². The second kappa shape index (κ2) is 3.91. The number of nitrogens with two attached hydrogens (primary N) is 1. The summed E-state index contributed by atoms with van der Waals surface area (Å²) in [7, 11) is 1.58. The van der Waals surface area contributed by atoms with Crippen LogP contribution >= 0.6 is 0 Å². The number of ether oxygens (including phenoxy) is 2. The number of nitrogens with zero attached hydrogens (tertiary/aromatic N) is 1. The van der Waals surface area contributed by atoms with Crippen LogP contribution in [-0.2, 0) is 0 Å². The molecule has 0 fully saturated rings. The van der Waals surface area contributed by atoms with E-state index in [1.807, 2.05) is 18.2 Å². The summed E-state index contributed by atoms with van der Waals surface area (Å²) in [6.45, 7) is 0. The van der Waals surface area contributed by atoms with E-state index in [1.165, 1.54) is 0 Å². The van der Waals surface area contributed by atoms with Crippen LogP contribution in [0.3, 0.4) is 0 Å². The number of nitrogens with one attached hydrogen (secondary N) is 1. The minimum Gasteiger partial charge on any atom is -0.493 e. The van der Waals surface area contributed by atoms with Crippen molar-refractivity contribution >= 4 is 5.82 Å². The Labute approximate surface area is 86.8 Å². The van der Waals surface area contributed by atoms with Crippen molar-refractivity contribution in [3.8, 4) is 17.4 Å². The molecule has 1 heterocycles. The Morgan fingerprint density at radius 2 is 2.00 bits per heavy atom. The minimum absolute atomic E-state index is 0.414. The van der Waals surface area contributed by atoms with Crippen LogP contribution < -0.4 is 15.2 Å². The topological polar surface area (TPSA) is 73.2 Å². The number of nitrogen functional groups attached to an aromatic ring is 1. The third-order valence-electron chi connectivity index (χ3n) is 1.86. The highest BCUT2D eigenvalue weighted by molar-refractivity contribution is 5.42. The van der Waals surface area contributed by atoms with Gasteiger partial charge in [0.2, 0.25) is 5.88 Å². The van der Waals surface area contributed by atoms with E-state index in [0.29, 0.717) is 23.2 Å². The predicted molar refractivity (Wildman–Crippen MR) is 56.1 cm³/mol. The maximum atomic E-state index is 5.47. The molecule has 0 spiro atoms. The Morgan fingerprint density at radius 3 is 2.60 bits per heavy atom. The van der Waals surface area contributed by atoms with Crippen molar-refractivity contribution in [2.24, 2.45) is 0 Å². The van der Waals surface area contributed by atoms with Crippen molar-refractivity contribution < 1.29 is 9.47 Å². The van der Waals surface area contributed by atoms with Crippen LogP contribution in [0.2, 0.25) is 0 Å². The number of H-pyrrole nitrogens is 1. The molecule has 78 valence electrons. The van der Waals surface area contributed by atoms with Crippen molar-refractivity contribution in [2.75, 3.05) is 12.8 Å². The van der Waals surface area contributed by atoms with E-state index in [-0.39, 0.29) is 0 Å². The first-order valence-corrected chi connectivity index (χ1v) is 4.41. The summed E-state index contributed by atoms with van der Waals surface area (Å²) in [5.41, 5.74) is 5.47. The number of para-hydroxylation sites is 2. The first-order chi connectivity index (χ1) is 7.29. The SMILES string of the molecule is COc1ccccc1Oc1cc(N)[nH]n1. The Balaban J connectivity index is 2.23. The van der Waals surface area contributed by atoms with Crippen LogP contribution in [0.15, 0.2) is 30.3 Å². The lowest BCUT2D eigenvalue weighted by Crippen LogP contribution is -1.89. The van der Waals surface area contributed by atoms with Gasteiger partial charge in [0, 0.05) is 6.07 Å². The van der Waals surface area contributed by atoms with Gasteiger partial charge in [-0.25, -0.2) is 0 Å². The van der Waals surface area contributed by atoms with Gasteiger partial charge in [0.25, 0.3) is 0 Å². The fourth-order valence-electron chi connectivity index (χ4n) is 1.19. The average molecular weight is 205 g/mol. The molecule has 5 heteroatoms. The van der Waals surface area contributed by atoms with Gasteiger partial charge < -0.3 is 15.2 Å². The van der Waals surface area contributed by atoms with Crippen molar-refractivity contribution in [3.63, 3.8) is 0 Å². The third-order valence-corrected chi connectivity index (χ3v) is 1.86. The number of hydrogen-bond donors (Lipinski definition) is 2. The van der Waals surface area contributed by atoms with Gasteiger partial charge >= 0.3 is 0 Å². The van der Waals surface area contributed by atoms with Crippen molar-refractivity contribution in [2.45, 2.75) is 0 Å². The molecule has 0 radical (unpaired) electrons. The first-order valence-electron chi connectivity index (χ1n) is 4.41. The molecule has 2 rings (SSSR count). The molecule has 2 aromatic rings. The van der Waals surface area contributed by atoms with Crippen LogP contribution in [0.25, 0.3) is 0 Å². The Hall–Kier alpha value is -2.17. The average Bonchev–Trinajstić information content (AvgIpc) is 2.65. The van der Waals surface area contributed by atoms with E-state index in [2.05, 4.69) is 10.2 Å².